The molecule has 0 radical (unpaired) electrons. The Morgan fingerprint density at radius 2 is 2.15 bits per heavy atom. The number of aryl methyl sites for hydroxylation is 1. The molecule has 1 aromatic rings. The fraction of sp³-hybridized carbons (Fsp3) is 0.750. The summed E-state index contributed by atoms with van der Waals surface area (Å²) in [5.41, 5.74) is -0.0759. The van der Waals surface area contributed by atoms with E-state index in [1.165, 1.54) is 11.5 Å². The van der Waals surface area contributed by atoms with E-state index in [1.807, 2.05) is 14.0 Å². The number of hydrogen-bond donors (Lipinski definition) is 0. The maximum Gasteiger partial charge on any atom is 0.205 e. The van der Waals surface area contributed by atoms with Gasteiger partial charge in [-0.05, 0) is 20.8 Å². The van der Waals surface area contributed by atoms with Gasteiger partial charge in [0.1, 0.15) is 5.82 Å². The van der Waals surface area contributed by atoms with E-state index in [-0.39, 0.29) is 5.54 Å². The highest BCUT2D eigenvalue weighted by Crippen LogP contribution is 2.24. The molecule has 0 aliphatic rings. The van der Waals surface area contributed by atoms with Crippen LogP contribution < -0.4 is 4.90 Å². The Kier molecular flexibility index (Phi) is 3.14. The molecular weight excluding hydrogens is 206 g/mol. The van der Waals surface area contributed by atoms with E-state index >= 15 is 0 Å². The average molecular weight is 220 g/mol. The van der Waals surface area contributed by atoms with Crippen LogP contribution in [0.3, 0.4) is 0 Å². The standard InChI is InChI=1S/C8H14ClN3S/c1-6-10-7(13-11-6)12(4)8(2,3)5-9/h5H2,1-4H3. The zero-order chi connectivity index (χ0) is 10.1. The van der Waals surface area contributed by atoms with E-state index in [9.17, 15) is 0 Å². The second-order valence-electron chi connectivity index (χ2n) is 3.63. The molecule has 3 nitrogen and oxygen atoms in total. The molecule has 0 fully saturated rings. The zero-order valence-corrected chi connectivity index (χ0v) is 9.91. The topological polar surface area (TPSA) is 29.0 Å². The Hall–Kier alpha value is -0.350. The third-order valence-electron chi connectivity index (χ3n) is 2.04. The van der Waals surface area contributed by atoms with E-state index in [2.05, 4.69) is 28.1 Å². The minimum Gasteiger partial charge on any atom is -0.344 e. The molecule has 0 bridgehead atoms. The number of hydrogen-bond acceptors (Lipinski definition) is 4. The van der Waals surface area contributed by atoms with Crippen molar-refractivity contribution >= 4 is 28.3 Å². The first-order valence-electron chi connectivity index (χ1n) is 4.07. The first-order chi connectivity index (χ1) is 5.97. The summed E-state index contributed by atoms with van der Waals surface area (Å²) in [6.45, 7) is 6.05. The second-order valence-corrected chi connectivity index (χ2v) is 4.63. The van der Waals surface area contributed by atoms with Gasteiger partial charge in [0.25, 0.3) is 0 Å². The number of rotatable bonds is 3. The zero-order valence-electron chi connectivity index (χ0n) is 8.33. The quantitative estimate of drug-likeness (QED) is 0.731. The molecule has 1 aromatic heterocycles. The molecule has 5 heteroatoms. The molecule has 0 aliphatic heterocycles. The molecule has 74 valence electrons. The summed E-state index contributed by atoms with van der Waals surface area (Å²) in [4.78, 5) is 6.36. The van der Waals surface area contributed by atoms with Gasteiger partial charge in [-0.15, -0.1) is 11.6 Å². The first kappa shape index (κ1) is 10.7. The minimum atomic E-state index is -0.0759. The molecule has 1 rings (SSSR count). The summed E-state index contributed by atoms with van der Waals surface area (Å²) in [7, 11) is 1.99. The molecule has 0 atom stereocenters. The highest BCUT2D eigenvalue weighted by atomic mass is 35.5. The Labute approximate surface area is 87.9 Å². The summed E-state index contributed by atoms with van der Waals surface area (Å²) >= 11 is 7.27. The van der Waals surface area contributed by atoms with Crippen LogP contribution in [0, 0.1) is 6.92 Å². The predicted molar refractivity (Wildman–Crippen MR) is 57.8 cm³/mol. The lowest BCUT2D eigenvalue weighted by molar-refractivity contribution is 0.544. The molecule has 0 spiro atoms. The van der Waals surface area contributed by atoms with Crippen molar-refractivity contribution in [1.29, 1.82) is 0 Å². The number of nitrogens with zero attached hydrogens (tertiary/aromatic N) is 3. The molecule has 0 unspecified atom stereocenters. The van der Waals surface area contributed by atoms with Gasteiger partial charge >= 0.3 is 0 Å². The fourth-order valence-electron chi connectivity index (χ4n) is 0.771. The van der Waals surface area contributed by atoms with E-state index < -0.39 is 0 Å². The SMILES string of the molecule is Cc1nsc(N(C)C(C)(C)CCl)n1. The third kappa shape index (κ3) is 2.31. The highest BCUT2D eigenvalue weighted by molar-refractivity contribution is 7.09. The van der Waals surface area contributed by atoms with E-state index in [4.69, 9.17) is 11.6 Å². The van der Waals surface area contributed by atoms with Crippen molar-refractivity contribution < 1.29 is 0 Å². The van der Waals surface area contributed by atoms with Crippen molar-refractivity contribution in [3.63, 3.8) is 0 Å². The Balaban J connectivity index is 2.84. The third-order valence-corrected chi connectivity index (χ3v) is 3.58. The van der Waals surface area contributed by atoms with Crippen LogP contribution in [-0.4, -0.2) is 27.8 Å². The highest BCUT2D eigenvalue weighted by Gasteiger charge is 2.24. The molecule has 13 heavy (non-hydrogen) atoms. The van der Waals surface area contributed by atoms with Gasteiger partial charge in [0.15, 0.2) is 0 Å². The maximum atomic E-state index is 5.86. The van der Waals surface area contributed by atoms with Crippen molar-refractivity contribution in [2.75, 3.05) is 17.8 Å². The fourth-order valence-corrected chi connectivity index (χ4v) is 1.75. The molecule has 0 N–H and O–H groups in total. The van der Waals surface area contributed by atoms with E-state index in [0.29, 0.717) is 5.88 Å². The van der Waals surface area contributed by atoms with Gasteiger partial charge in [-0.25, -0.2) is 4.98 Å². The van der Waals surface area contributed by atoms with E-state index in [1.54, 1.807) is 0 Å². The lowest BCUT2D eigenvalue weighted by atomic mass is 10.1. The molecular formula is C8H14ClN3S. The van der Waals surface area contributed by atoms with Crippen LogP contribution in [-0.2, 0) is 0 Å². The Morgan fingerprint density at radius 1 is 1.54 bits per heavy atom. The van der Waals surface area contributed by atoms with Crippen LogP contribution in [0.25, 0.3) is 0 Å². The van der Waals surface area contributed by atoms with Crippen molar-refractivity contribution in [2.24, 2.45) is 0 Å². The van der Waals surface area contributed by atoms with Crippen LogP contribution in [0.1, 0.15) is 19.7 Å². The smallest absolute Gasteiger partial charge is 0.205 e. The lowest BCUT2D eigenvalue weighted by Crippen LogP contribution is -2.42. The van der Waals surface area contributed by atoms with Gasteiger partial charge in [0.2, 0.25) is 5.13 Å². The van der Waals surface area contributed by atoms with E-state index in [0.717, 1.165) is 11.0 Å². The Morgan fingerprint density at radius 3 is 2.54 bits per heavy atom. The number of anilines is 1. The predicted octanol–water partition coefficient (Wildman–Crippen LogP) is 2.30. The van der Waals surface area contributed by atoms with Crippen LogP contribution in [0.2, 0.25) is 0 Å². The number of alkyl halides is 1. The summed E-state index contributed by atoms with van der Waals surface area (Å²) in [5.74, 6) is 1.39. The molecule has 0 saturated heterocycles. The molecule has 0 saturated carbocycles. The first-order valence-corrected chi connectivity index (χ1v) is 5.38. The van der Waals surface area contributed by atoms with Gasteiger partial charge in [-0.3, -0.25) is 0 Å². The van der Waals surface area contributed by atoms with Crippen LogP contribution in [0.15, 0.2) is 0 Å². The van der Waals surface area contributed by atoms with Crippen LogP contribution in [0.4, 0.5) is 5.13 Å². The Bertz CT molecular complexity index is 285. The molecule has 0 aromatic carbocycles. The molecule has 1 heterocycles. The monoisotopic (exact) mass is 219 g/mol. The minimum absolute atomic E-state index is 0.0759. The van der Waals surface area contributed by atoms with Gasteiger partial charge in [0.05, 0.1) is 0 Å². The van der Waals surface area contributed by atoms with Crippen LogP contribution >= 0.6 is 23.1 Å². The van der Waals surface area contributed by atoms with Gasteiger partial charge in [0, 0.05) is 30.0 Å². The largest absolute Gasteiger partial charge is 0.344 e. The summed E-state index contributed by atoms with van der Waals surface area (Å²) in [6, 6.07) is 0. The maximum absolute atomic E-state index is 5.86. The van der Waals surface area contributed by atoms with Crippen molar-refractivity contribution in [3.05, 3.63) is 5.82 Å². The van der Waals surface area contributed by atoms with Crippen molar-refractivity contribution in [2.45, 2.75) is 26.3 Å². The van der Waals surface area contributed by atoms with Crippen molar-refractivity contribution in [3.8, 4) is 0 Å². The van der Waals surface area contributed by atoms with Crippen molar-refractivity contribution in [1.82, 2.24) is 9.36 Å². The lowest BCUT2D eigenvalue weighted by Gasteiger charge is -2.33. The normalized spacial score (nSPS) is 11.8. The van der Waals surface area contributed by atoms with Gasteiger partial charge < -0.3 is 4.90 Å². The molecule has 0 amide bonds. The second kappa shape index (κ2) is 3.80. The van der Waals surface area contributed by atoms with Crippen LogP contribution in [0.5, 0.6) is 0 Å². The summed E-state index contributed by atoms with van der Waals surface area (Å²) < 4.78 is 4.13. The molecule has 0 aliphatic carbocycles. The number of halogens is 1. The average Bonchev–Trinajstić information content (AvgIpc) is 2.50. The van der Waals surface area contributed by atoms with Gasteiger partial charge in [-0.2, -0.15) is 4.37 Å². The number of aromatic nitrogens is 2. The summed E-state index contributed by atoms with van der Waals surface area (Å²) in [5, 5.41) is 0.920. The summed E-state index contributed by atoms with van der Waals surface area (Å²) in [6.07, 6.45) is 0. The van der Waals surface area contributed by atoms with Gasteiger partial charge in [-0.1, -0.05) is 0 Å².